The number of thiazole rings is 1. The van der Waals surface area contributed by atoms with Crippen LogP contribution in [-0.4, -0.2) is 24.1 Å². The van der Waals surface area contributed by atoms with Gasteiger partial charge in [0.2, 0.25) is 0 Å². The van der Waals surface area contributed by atoms with Gasteiger partial charge in [0.15, 0.2) is 0 Å². The Morgan fingerprint density at radius 1 is 1.62 bits per heavy atom. The third-order valence-corrected chi connectivity index (χ3v) is 2.94. The van der Waals surface area contributed by atoms with Crippen molar-refractivity contribution in [2.75, 3.05) is 13.2 Å². The lowest BCUT2D eigenvalue weighted by Crippen LogP contribution is -2.24. The van der Waals surface area contributed by atoms with E-state index >= 15 is 0 Å². The predicted molar refractivity (Wildman–Crippen MR) is 64.4 cm³/mol. The average Bonchev–Trinajstić information content (AvgIpc) is 2.65. The van der Waals surface area contributed by atoms with E-state index in [1.165, 1.54) is 0 Å². The van der Waals surface area contributed by atoms with Gasteiger partial charge in [0.05, 0.1) is 13.2 Å². The Morgan fingerprint density at radius 3 is 3.06 bits per heavy atom. The second-order valence-corrected chi connectivity index (χ2v) is 4.50. The molecule has 0 aromatic carbocycles. The molecule has 0 spiro atoms. The number of esters is 1. The summed E-state index contributed by atoms with van der Waals surface area (Å²) in [6.45, 7) is 5.42. The van der Waals surface area contributed by atoms with Crippen LogP contribution in [0, 0.1) is 6.92 Å². The number of aryl methyl sites for hydroxylation is 1. The number of hydrogen-bond donors (Lipinski definition) is 1. The van der Waals surface area contributed by atoms with Gasteiger partial charge >= 0.3 is 5.97 Å². The molecule has 0 aliphatic heterocycles. The lowest BCUT2D eigenvalue weighted by molar-refractivity contribution is -0.142. The second-order valence-electron chi connectivity index (χ2n) is 3.56. The first-order valence-corrected chi connectivity index (χ1v) is 6.37. The van der Waals surface area contributed by atoms with E-state index in [0.29, 0.717) is 13.2 Å². The third-order valence-electron chi connectivity index (χ3n) is 1.97. The monoisotopic (exact) mass is 242 g/mol. The summed E-state index contributed by atoms with van der Waals surface area (Å²) in [6.07, 6.45) is 1.97. The largest absolute Gasteiger partial charge is 0.465 e. The van der Waals surface area contributed by atoms with Crippen LogP contribution in [0.1, 0.15) is 30.5 Å². The number of nitrogens with zero attached hydrogens (tertiary/aromatic N) is 1. The van der Waals surface area contributed by atoms with Crippen molar-refractivity contribution in [2.24, 2.45) is 0 Å². The number of unbranched alkanes of at least 4 members (excludes halogenated alkanes) is 1. The van der Waals surface area contributed by atoms with Gasteiger partial charge in [0, 0.05) is 17.6 Å². The summed E-state index contributed by atoms with van der Waals surface area (Å²) >= 11 is 1.60. The topological polar surface area (TPSA) is 51.2 Å². The molecule has 0 unspecified atom stereocenters. The molecule has 0 fully saturated rings. The molecule has 16 heavy (non-hydrogen) atoms. The van der Waals surface area contributed by atoms with Crippen LogP contribution in [0.25, 0.3) is 0 Å². The highest BCUT2D eigenvalue weighted by molar-refractivity contribution is 7.09. The van der Waals surface area contributed by atoms with Gasteiger partial charge in [-0.25, -0.2) is 4.98 Å². The van der Waals surface area contributed by atoms with Crippen molar-refractivity contribution in [3.05, 3.63) is 16.1 Å². The maximum atomic E-state index is 11.2. The molecule has 1 N–H and O–H groups in total. The SMILES string of the molecule is CCCCOC(=O)CNCc1nc(C)cs1. The minimum atomic E-state index is -0.193. The standard InChI is InChI=1S/C11H18N2O2S/c1-3-4-5-15-11(14)7-12-6-10-13-9(2)8-16-10/h8,12H,3-7H2,1-2H3. The molecular formula is C11H18N2O2S. The minimum absolute atomic E-state index is 0.193. The van der Waals surface area contributed by atoms with E-state index in [0.717, 1.165) is 23.5 Å². The third kappa shape index (κ3) is 5.23. The Labute approximate surface area is 100 Å². The quantitative estimate of drug-likeness (QED) is 0.586. The zero-order valence-corrected chi connectivity index (χ0v) is 10.6. The lowest BCUT2D eigenvalue weighted by atomic mass is 10.4. The van der Waals surface area contributed by atoms with Crippen molar-refractivity contribution in [1.82, 2.24) is 10.3 Å². The van der Waals surface area contributed by atoms with Crippen LogP contribution in [-0.2, 0) is 16.1 Å². The first-order valence-electron chi connectivity index (χ1n) is 5.49. The molecule has 5 heteroatoms. The summed E-state index contributed by atoms with van der Waals surface area (Å²) < 4.78 is 5.01. The van der Waals surface area contributed by atoms with Gasteiger partial charge < -0.3 is 10.1 Å². The van der Waals surface area contributed by atoms with Crippen molar-refractivity contribution in [2.45, 2.75) is 33.2 Å². The number of ether oxygens (including phenoxy) is 1. The van der Waals surface area contributed by atoms with Gasteiger partial charge in [-0.3, -0.25) is 4.79 Å². The maximum absolute atomic E-state index is 11.2. The molecule has 0 saturated heterocycles. The predicted octanol–water partition coefficient (Wildman–Crippen LogP) is 1.88. The van der Waals surface area contributed by atoms with E-state index in [9.17, 15) is 4.79 Å². The molecule has 4 nitrogen and oxygen atoms in total. The Hall–Kier alpha value is -0.940. The fourth-order valence-corrected chi connectivity index (χ4v) is 1.88. The van der Waals surface area contributed by atoms with Crippen molar-refractivity contribution in [3.8, 4) is 0 Å². The van der Waals surface area contributed by atoms with Crippen LogP contribution in [0.15, 0.2) is 5.38 Å². The molecule has 1 aromatic heterocycles. The van der Waals surface area contributed by atoms with Crippen LogP contribution in [0.4, 0.5) is 0 Å². The summed E-state index contributed by atoms with van der Waals surface area (Å²) in [7, 11) is 0. The number of nitrogens with one attached hydrogen (secondary N) is 1. The zero-order valence-electron chi connectivity index (χ0n) is 9.78. The summed E-state index contributed by atoms with van der Waals surface area (Å²) in [5, 5.41) is 6.01. The molecule has 0 amide bonds. The van der Waals surface area contributed by atoms with Crippen molar-refractivity contribution >= 4 is 17.3 Å². The Balaban J connectivity index is 2.08. The maximum Gasteiger partial charge on any atom is 0.319 e. The van der Waals surface area contributed by atoms with Crippen LogP contribution in [0.5, 0.6) is 0 Å². The molecule has 0 radical (unpaired) electrons. The molecule has 0 aliphatic rings. The van der Waals surface area contributed by atoms with E-state index in [1.54, 1.807) is 11.3 Å². The van der Waals surface area contributed by atoms with E-state index < -0.39 is 0 Å². The first kappa shape index (κ1) is 13.1. The molecule has 0 saturated carbocycles. The van der Waals surface area contributed by atoms with E-state index in [4.69, 9.17) is 4.74 Å². The van der Waals surface area contributed by atoms with Crippen LogP contribution >= 0.6 is 11.3 Å². The van der Waals surface area contributed by atoms with Crippen molar-refractivity contribution < 1.29 is 9.53 Å². The molecule has 1 aromatic rings. The van der Waals surface area contributed by atoms with Gasteiger partial charge in [-0.2, -0.15) is 0 Å². The van der Waals surface area contributed by atoms with Gasteiger partial charge in [0.1, 0.15) is 5.01 Å². The van der Waals surface area contributed by atoms with E-state index in [1.807, 2.05) is 12.3 Å². The van der Waals surface area contributed by atoms with Crippen LogP contribution in [0.2, 0.25) is 0 Å². The summed E-state index contributed by atoms with van der Waals surface area (Å²) in [6, 6.07) is 0. The van der Waals surface area contributed by atoms with Crippen LogP contribution < -0.4 is 5.32 Å². The second kappa shape index (κ2) is 7.35. The van der Waals surface area contributed by atoms with Gasteiger partial charge in [-0.05, 0) is 13.3 Å². The fourth-order valence-electron chi connectivity index (χ4n) is 1.14. The number of aromatic nitrogens is 1. The van der Waals surface area contributed by atoms with Gasteiger partial charge in [-0.1, -0.05) is 13.3 Å². The van der Waals surface area contributed by atoms with Gasteiger partial charge in [0.25, 0.3) is 0 Å². The number of carbonyl (C=O) groups excluding carboxylic acids is 1. The highest BCUT2D eigenvalue weighted by Crippen LogP contribution is 2.07. The van der Waals surface area contributed by atoms with Crippen molar-refractivity contribution in [3.63, 3.8) is 0 Å². The molecule has 1 rings (SSSR count). The summed E-state index contributed by atoms with van der Waals surface area (Å²) in [4.78, 5) is 15.5. The molecule has 0 bridgehead atoms. The zero-order chi connectivity index (χ0) is 11.8. The normalized spacial score (nSPS) is 10.4. The molecular weight excluding hydrogens is 224 g/mol. The van der Waals surface area contributed by atoms with Crippen LogP contribution in [0.3, 0.4) is 0 Å². The highest BCUT2D eigenvalue weighted by Gasteiger charge is 2.03. The Kier molecular flexibility index (Phi) is 6.03. The average molecular weight is 242 g/mol. The summed E-state index contributed by atoms with van der Waals surface area (Å²) in [5.41, 5.74) is 1.02. The fraction of sp³-hybridized carbons (Fsp3) is 0.636. The number of carbonyl (C=O) groups is 1. The van der Waals surface area contributed by atoms with E-state index in [2.05, 4.69) is 17.2 Å². The summed E-state index contributed by atoms with van der Waals surface area (Å²) in [5.74, 6) is -0.193. The lowest BCUT2D eigenvalue weighted by Gasteiger charge is -2.04. The molecule has 90 valence electrons. The first-order chi connectivity index (χ1) is 7.72. The number of hydrogen-bond acceptors (Lipinski definition) is 5. The molecule has 0 atom stereocenters. The van der Waals surface area contributed by atoms with Gasteiger partial charge in [-0.15, -0.1) is 11.3 Å². The highest BCUT2D eigenvalue weighted by atomic mass is 32.1. The smallest absolute Gasteiger partial charge is 0.319 e. The number of rotatable bonds is 7. The van der Waals surface area contributed by atoms with Crippen molar-refractivity contribution in [1.29, 1.82) is 0 Å². The Bertz CT molecular complexity index is 326. The minimum Gasteiger partial charge on any atom is -0.465 e. The van der Waals surface area contributed by atoms with E-state index in [-0.39, 0.29) is 12.5 Å². The molecule has 1 heterocycles. The Morgan fingerprint density at radius 2 is 2.44 bits per heavy atom. The molecule has 0 aliphatic carbocycles.